The molecule has 0 atom stereocenters. The molecule has 0 radical (unpaired) electrons. The van der Waals surface area contributed by atoms with E-state index in [4.69, 9.17) is 27.9 Å². The molecular weight excluding hydrogens is 209 g/mol. The summed E-state index contributed by atoms with van der Waals surface area (Å²) in [5.41, 5.74) is 1.35. The zero-order valence-electron chi connectivity index (χ0n) is 7.56. The average Bonchev–Trinajstić information content (AvgIpc) is 2.16. The first-order valence-electron chi connectivity index (χ1n) is 4.15. The quantitative estimate of drug-likeness (QED) is 0.505. The molecule has 0 aliphatic rings. The van der Waals surface area contributed by atoms with Gasteiger partial charge in [0.05, 0.1) is 13.2 Å². The zero-order chi connectivity index (χ0) is 9.94. The number of hydrogen-bond donors (Lipinski definition) is 1. The minimum absolute atomic E-state index is 0.593. The summed E-state index contributed by atoms with van der Waals surface area (Å²) >= 11 is 11.0. The van der Waals surface area contributed by atoms with E-state index in [0.29, 0.717) is 18.2 Å². The maximum atomic E-state index is 5.64. The van der Waals surface area contributed by atoms with Gasteiger partial charge >= 0.3 is 0 Å². The van der Waals surface area contributed by atoms with Crippen LogP contribution in [0.25, 0.3) is 0 Å². The molecule has 0 aromatic rings. The summed E-state index contributed by atoms with van der Waals surface area (Å²) in [6.07, 6.45) is 2.73. The first-order chi connectivity index (χ1) is 6.31. The second-order valence-electron chi connectivity index (χ2n) is 2.42. The lowest BCUT2D eigenvalue weighted by molar-refractivity contribution is 0.141. The highest BCUT2D eigenvalue weighted by Gasteiger charge is 1.90. The van der Waals surface area contributed by atoms with Crippen LogP contribution >= 0.6 is 23.2 Å². The molecule has 0 fully saturated rings. The van der Waals surface area contributed by atoms with Gasteiger partial charge in [-0.2, -0.15) is 0 Å². The first kappa shape index (κ1) is 13.0. The second kappa shape index (κ2) is 10.1. The van der Waals surface area contributed by atoms with E-state index in [1.165, 1.54) is 5.54 Å². The van der Waals surface area contributed by atoms with Crippen molar-refractivity contribution in [1.82, 2.24) is 5.32 Å². The molecule has 0 saturated carbocycles. The molecule has 0 aliphatic heterocycles. The van der Waals surface area contributed by atoms with Gasteiger partial charge in [0.1, 0.15) is 0 Å². The van der Waals surface area contributed by atoms with Gasteiger partial charge in [-0.1, -0.05) is 29.3 Å². The van der Waals surface area contributed by atoms with Gasteiger partial charge < -0.3 is 10.1 Å². The third kappa shape index (κ3) is 9.90. The fraction of sp³-hybridized carbons (Fsp3) is 0.556. The van der Waals surface area contributed by atoms with Crippen LogP contribution in [0.1, 0.15) is 6.42 Å². The van der Waals surface area contributed by atoms with Crippen molar-refractivity contribution in [2.24, 2.45) is 0 Å². The van der Waals surface area contributed by atoms with E-state index in [2.05, 4.69) is 11.9 Å². The molecule has 0 amide bonds. The highest BCUT2D eigenvalue weighted by Crippen LogP contribution is 1.99. The third-order valence-electron chi connectivity index (χ3n) is 1.30. The lowest BCUT2D eigenvalue weighted by Crippen LogP contribution is -2.21. The lowest BCUT2D eigenvalue weighted by atomic mass is 10.4. The Kier molecular flexibility index (Phi) is 10.0. The van der Waals surface area contributed by atoms with Gasteiger partial charge in [-0.3, -0.25) is 0 Å². The van der Waals surface area contributed by atoms with Crippen molar-refractivity contribution in [2.75, 3.05) is 26.3 Å². The number of ether oxygens (including phenoxy) is 1. The van der Waals surface area contributed by atoms with Crippen LogP contribution in [0.4, 0.5) is 0 Å². The fourth-order valence-electron chi connectivity index (χ4n) is 0.659. The van der Waals surface area contributed by atoms with E-state index in [1.54, 1.807) is 0 Å². The van der Waals surface area contributed by atoms with Gasteiger partial charge in [0.25, 0.3) is 0 Å². The van der Waals surface area contributed by atoms with Crippen LogP contribution in [0.15, 0.2) is 23.2 Å². The van der Waals surface area contributed by atoms with Crippen molar-refractivity contribution in [3.63, 3.8) is 0 Å². The van der Waals surface area contributed by atoms with E-state index in [-0.39, 0.29) is 0 Å². The van der Waals surface area contributed by atoms with Crippen molar-refractivity contribution in [1.29, 1.82) is 0 Å². The molecule has 2 nitrogen and oxygen atoms in total. The third-order valence-corrected chi connectivity index (χ3v) is 1.92. The molecule has 13 heavy (non-hydrogen) atoms. The Hall–Kier alpha value is -0.0200. The highest BCUT2D eigenvalue weighted by molar-refractivity contribution is 6.36. The number of halogens is 2. The molecule has 0 saturated heterocycles. The Morgan fingerprint density at radius 1 is 1.46 bits per heavy atom. The molecule has 4 heteroatoms. The molecule has 0 bridgehead atoms. The molecule has 0 heterocycles. The summed E-state index contributed by atoms with van der Waals surface area (Å²) in [7, 11) is 0. The van der Waals surface area contributed by atoms with Gasteiger partial charge in [-0.05, 0) is 6.42 Å². The lowest BCUT2D eigenvalue weighted by Gasteiger charge is -2.03. The molecule has 0 rings (SSSR count). The van der Waals surface area contributed by atoms with Crippen molar-refractivity contribution in [3.05, 3.63) is 23.2 Å². The highest BCUT2D eigenvalue weighted by atomic mass is 35.5. The number of nitrogens with one attached hydrogen (secondary N) is 1. The molecule has 1 N–H and O–H groups in total. The maximum absolute atomic E-state index is 5.64. The van der Waals surface area contributed by atoms with Crippen LogP contribution in [0.3, 0.4) is 0 Å². The number of rotatable bonds is 8. The SMILES string of the molecule is C=CCCOCCNC/C(Cl)=C\Cl. The number of hydrogen-bond acceptors (Lipinski definition) is 2. The summed E-state index contributed by atoms with van der Waals surface area (Å²) in [5, 5.41) is 3.68. The van der Waals surface area contributed by atoms with Gasteiger partial charge in [0.2, 0.25) is 0 Å². The Labute approximate surface area is 89.5 Å². The van der Waals surface area contributed by atoms with Crippen LogP contribution in [0.2, 0.25) is 0 Å². The summed E-state index contributed by atoms with van der Waals surface area (Å²) in [6, 6.07) is 0. The molecular formula is C9H15Cl2NO. The predicted octanol–water partition coefficient (Wildman–Crippen LogP) is 2.49. The van der Waals surface area contributed by atoms with Crippen molar-refractivity contribution >= 4 is 23.2 Å². The summed E-state index contributed by atoms with van der Waals surface area (Å²) < 4.78 is 5.26. The largest absolute Gasteiger partial charge is 0.380 e. The van der Waals surface area contributed by atoms with E-state index in [9.17, 15) is 0 Å². The normalized spacial score (nSPS) is 11.7. The Bertz CT molecular complexity index is 160. The van der Waals surface area contributed by atoms with Crippen molar-refractivity contribution in [2.45, 2.75) is 6.42 Å². The minimum Gasteiger partial charge on any atom is -0.380 e. The molecule has 76 valence electrons. The monoisotopic (exact) mass is 223 g/mol. The van der Waals surface area contributed by atoms with E-state index < -0.39 is 0 Å². The Balaban J connectivity index is 3.04. The van der Waals surface area contributed by atoms with Gasteiger partial charge in [0.15, 0.2) is 0 Å². The van der Waals surface area contributed by atoms with Gasteiger partial charge in [-0.15, -0.1) is 6.58 Å². The standard InChI is InChI=1S/C9H15Cl2NO/c1-2-3-5-13-6-4-12-8-9(11)7-10/h2,7,12H,1,3-6,8H2/b9-7+. The molecule has 0 spiro atoms. The summed E-state index contributed by atoms with van der Waals surface area (Å²) in [5.74, 6) is 0. The minimum atomic E-state index is 0.593. The predicted molar refractivity (Wildman–Crippen MR) is 58.3 cm³/mol. The van der Waals surface area contributed by atoms with Gasteiger partial charge in [-0.25, -0.2) is 0 Å². The fourth-order valence-corrected chi connectivity index (χ4v) is 0.831. The van der Waals surface area contributed by atoms with Gasteiger partial charge in [0, 0.05) is 23.7 Å². The van der Waals surface area contributed by atoms with E-state index >= 15 is 0 Å². The molecule has 0 aromatic carbocycles. The van der Waals surface area contributed by atoms with Crippen LogP contribution < -0.4 is 5.32 Å². The summed E-state index contributed by atoms with van der Waals surface area (Å²) in [6.45, 7) is 6.37. The first-order valence-corrected chi connectivity index (χ1v) is 4.96. The smallest absolute Gasteiger partial charge is 0.0591 e. The maximum Gasteiger partial charge on any atom is 0.0591 e. The van der Waals surface area contributed by atoms with Crippen molar-refractivity contribution in [3.8, 4) is 0 Å². The summed E-state index contributed by atoms with van der Waals surface area (Å²) in [4.78, 5) is 0. The second-order valence-corrected chi connectivity index (χ2v) is 3.13. The molecule has 0 aromatic heterocycles. The average molecular weight is 224 g/mol. The Morgan fingerprint density at radius 2 is 2.23 bits per heavy atom. The molecule has 0 aliphatic carbocycles. The van der Waals surface area contributed by atoms with Crippen LogP contribution in [-0.4, -0.2) is 26.3 Å². The van der Waals surface area contributed by atoms with Crippen LogP contribution in [-0.2, 0) is 4.74 Å². The molecule has 0 unspecified atom stereocenters. The zero-order valence-corrected chi connectivity index (χ0v) is 9.07. The Morgan fingerprint density at radius 3 is 2.85 bits per heavy atom. The van der Waals surface area contributed by atoms with Crippen LogP contribution in [0.5, 0.6) is 0 Å². The van der Waals surface area contributed by atoms with Crippen molar-refractivity contribution < 1.29 is 4.74 Å². The van der Waals surface area contributed by atoms with E-state index in [0.717, 1.165) is 19.6 Å². The topological polar surface area (TPSA) is 21.3 Å². The van der Waals surface area contributed by atoms with E-state index in [1.807, 2.05) is 6.08 Å². The van der Waals surface area contributed by atoms with Crippen LogP contribution in [0, 0.1) is 0 Å².